The average Bonchev–Trinajstić information content (AvgIpc) is 2.21. The van der Waals surface area contributed by atoms with Gasteiger partial charge in [0.2, 0.25) is 10.0 Å². The summed E-state index contributed by atoms with van der Waals surface area (Å²) in [6, 6.07) is -1.72. The number of carboxylic acid groups (broad SMARTS) is 1. The maximum absolute atomic E-state index is 11.3. The minimum absolute atomic E-state index is 0.167. The Morgan fingerprint density at radius 3 is 2.50 bits per heavy atom. The van der Waals surface area contributed by atoms with E-state index in [1.807, 2.05) is 6.26 Å². The zero-order valence-corrected chi connectivity index (χ0v) is 11.5. The van der Waals surface area contributed by atoms with Crippen LogP contribution in [0, 0.1) is 0 Å². The first-order valence-corrected chi connectivity index (χ1v) is 8.13. The summed E-state index contributed by atoms with van der Waals surface area (Å²) in [5, 5.41) is 18.0. The Morgan fingerprint density at radius 1 is 1.44 bits per heavy atom. The number of carbonyl (C=O) groups excluding carboxylic acids is 1. The lowest BCUT2D eigenvalue weighted by atomic mass is 10.2. The van der Waals surface area contributed by atoms with Gasteiger partial charge in [-0.3, -0.25) is 0 Å². The van der Waals surface area contributed by atoms with Crippen molar-refractivity contribution in [1.29, 1.82) is 0 Å². The van der Waals surface area contributed by atoms with E-state index in [0.717, 1.165) is 0 Å². The lowest BCUT2D eigenvalue weighted by Crippen LogP contribution is -2.47. The predicted molar refractivity (Wildman–Crippen MR) is 68.9 cm³/mol. The number of hydrogen-bond acceptors (Lipinski definition) is 5. The van der Waals surface area contributed by atoms with Crippen LogP contribution in [0.5, 0.6) is 0 Å². The summed E-state index contributed by atoms with van der Waals surface area (Å²) in [6.45, 7) is -0.167. The van der Waals surface area contributed by atoms with Gasteiger partial charge in [-0.2, -0.15) is 11.8 Å². The molecule has 2 amide bonds. The molecule has 0 saturated heterocycles. The van der Waals surface area contributed by atoms with Crippen LogP contribution >= 0.6 is 11.8 Å². The quantitative estimate of drug-likeness (QED) is 0.443. The Bertz CT molecular complexity index is 384. The predicted octanol–water partition coefficient (Wildman–Crippen LogP) is -1.22. The van der Waals surface area contributed by atoms with Crippen molar-refractivity contribution in [2.24, 2.45) is 5.14 Å². The first-order chi connectivity index (χ1) is 8.26. The van der Waals surface area contributed by atoms with Crippen LogP contribution in [0.15, 0.2) is 0 Å². The van der Waals surface area contributed by atoms with E-state index in [2.05, 4.69) is 10.6 Å². The number of urea groups is 1. The summed E-state index contributed by atoms with van der Waals surface area (Å²) in [6.07, 6.45) is 2.12. The van der Waals surface area contributed by atoms with Gasteiger partial charge in [-0.15, -0.1) is 0 Å². The molecule has 0 rings (SSSR count). The van der Waals surface area contributed by atoms with Gasteiger partial charge in [-0.25, -0.2) is 23.1 Å². The molecule has 106 valence electrons. The molecule has 18 heavy (non-hydrogen) atoms. The third-order valence-electron chi connectivity index (χ3n) is 1.89. The van der Waals surface area contributed by atoms with Crippen molar-refractivity contribution < 1.29 is 23.1 Å². The topological polar surface area (TPSA) is 139 Å². The van der Waals surface area contributed by atoms with E-state index >= 15 is 0 Å². The van der Waals surface area contributed by atoms with E-state index in [0.29, 0.717) is 12.2 Å². The van der Waals surface area contributed by atoms with E-state index in [9.17, 15) is 18.0 Å². The third-order valence-corrected chi connectivity index (χ3v) is 3.30. The Hall–Kier alpha value is -1.00. The molecule has 0 saturated carbocycles. The molecule has 0 aliphatic carbocycles. The van der Waals surface area contributed by atoms with Gasteiger partial charge in [-0.1, -0.05) is 0 Å². The Balaban J connectivity index is 4.06. The molecule has 0 spiro atoms. The molecule has 0 bridgehead atoms. The summed E-state index contributed by atoms with van der Waals surface area (Å²) in [7, 11) is -3.64. The van der Waals surface area contributed by atoms with Crippen molar-refractivity contribution in [3.63, 3.8) is 0 Å². The molecular formula is C8H17N3O5S2. The minimum Gasteiger partial charge on any atom is -0.480 e. The minimum atomic E-state index is -3.64. The summed E-state index contributed by atoms with van der Waals surface area (Å²) < 4.78 is 21.2. The molecule has 0 fully saturated rings. The summed E-state index contributed by atoms with van der Waals surface area (Å²) in [5.41, 5.74) is 0. The number of nitrogens with one attached hydrogen (secondary N) is 2. The second-order valence-corrected chi connectivity index (χ2v) is 6.16. The van der Waals surface area contributed by atoms with Crippen molar-refractivity contribution in [2.45, 2.75) is 12.5 Å². The van der Waals surface area contributed by atoms with Crippen LogP contribution in [0.2, 0.25) is 0 Å². The highest BCUT2D eigenvalue weighted by molar-refractivity contribution is 7.98. The van der Waals surface area contributed by atoms with Gasteiger partial charge in [0.25, 0.3) is 0 Å². The van der Waals surface area contributed by atoms with Gasteiger partial charge in [-0.05, 0) is 18.4 Å². The first kappa shape index (κ1) is 17.0. The van der Waals surface area contributed by atoms with Gasteiger partial charge in [0.05, 0.1) is 5.75 Å². The van der Waals surface area contributed by atoms with E-state index < -0.39 is 33.8 Å². The molecule has 0 aromatic heterocycles. The molecule has 0 aromatic carbocycles. The number of rotatable bonds is 8. The summed E-state index contributed by atoms with van der Waals surface area (Å²) >= 11 is 1.46. The van der Waals surface area contributed by atoms with E-state index in [1.165, 1.54) is 11.8 Å². The largest absolute Gasteiger partial charge is 0.480 e. The van der Waals surface area contributed by atoms with Crippen LogP contribution in [0.3, 0.4) is 0 Å². The molecule has 0 aromatic rings. The molecule has 8 nitrogen and oxygen atoms in total. The van der Waals surface area contributed by atoms with E-state index in [-0.39, 0.29) is 6.54 Å². The molecule has 10 heteroatoms. The highest BCUT2D eigenvalue weighted by Gasteiger charge is 2.19. The molecular weight excluding hydrogens is 282 g/mol. The van der Waals surface area contributed by atoms with Gasteiger partial charge < -0.3 is 15.7 Å². The fraction of sp³-hybridized carbons (Fsp3) is 0.750. The van der Waals surface area contributed by atoms with Crippen molar-refractivity contribution >= 4 is 33.8 Å². The number of sulfonamides is 1. The Morgan fingerprint density at radius 2 is 2.06 bits per heavy atom. The van der Waals surface area contributed by atoms with Gasteiger partial charge in [0, 0.05) is 6.54 Å². The molecule has 1 atom stereocenters. The van der Waals surface area contributed by atoms with Crippen molar-refractivity contribution in [2.75, 3.05) is 24.3 Å². The summed E-state index contributed by atoms with van der Waals surface area (Å²) in [5.74, 6) is -0.942. The highest BCUT2D eigenvalue weighted by Crippen LogP contribution is 2.00. The Kier molecular flexibility index (Phi) is 7.71. The fourth-order valence-corrected chi connectivity index (χ4v) is 1.87. The maximum Gasteiger partial charge on any atom is 0.326 e. The molecule has 5 N–H and O–H groups in total. The second-order valence-electron chi connectivity index (χ2n) is 3.44. The fourth-order valence-electron chi connectivity index (χ4n) is 1.01. The van der Waals surface area contributed by atoms with Crippen LogP contribution in [0.4, 0.5) is 4.79 Å². The van der Waals surface area contributed by atoms with Crippen LogP contribution < -0.4 is 15.8 Å². The van der Waals surface area contributed by atoms with Crippen LogP contribution in [-0.4, -0.2) is 55.9 Å². The Labute approximate surface area is 110 Å². The van der Waals surface area contributed by atoms with Crippen LogP contribution in [0.25, 0.3) is 0 Å². The van der Waals surface area contributed by atoms with E-state index in [1.54, 1.807) is 0 Å². The number of primary sulfonamides is 1. The zero-order chi connectivity index (χ0) is 14.2. The van der Waals surface area contributed by atoms with Crippen LogP contribution in [0.1, 0.15) is 6.42 Å². The van der Waals surface area contributed by atoms with Crippen molar-refractivity contribution in [1.82, 2.24) is 10.6 Å². The van der Waals surface area contributed by atoms with Gasteiger partial charge in [0.15, 0.2) is 0 Å². The number of amides is 2. The number of hydrogen-bond donors (Lipinski definition) is 4. The highest BCUT2D eigenvalue weighted by atomic mass is 32.2. The molecule has 0 heterocycles. The van der Waals surface area contributed by atoms with Crippen molar-refractivity contribution in [3.05, 3.63) is 0 Å². The number of nitrogens with two attached hydrogens (primary N) is 1. The van der Waals surface area contributed by atoms with Crippen molar-refractivity contribution in [3.8, 4) is 0 Å². The lowest BCUT2D eigenvalue weighted by molar-refractivity contribution is -0.139. The first-order valence-electron chi connectivity index (χ1n) is 5.03. The van der Waals surface area contributed by atoms with Gasteiger partial charge >= 0.3 is 12.0 Å². The van der Waals surface area contributed by atoms with Crippen LogP contribution in [-0.2, 0) is 14.8 Å². The zero-order valence-electron chi connectivity index (χ0n) is 9.88. The standard InChI is InChI=1S/C8H17N3O5S2/c1-17-4-2-6(7(12)13)11-8(14)10-3-5-18(9,15)16/h6H,2-5H2,1H3,(H,12,13)(H2,9,15,16)(H2,10,11,14)/t6-/m0/s1. The summed E-state index contributed by atoms with van der Waals surface area (Å²) in [4.78, 5) is 22.1. The third kappa shape index (κ3) is 9.07. The number of carboxylic acids is 1. The van der Waals surface area contributed by atoms with Gasteiger partial charge in [0.1, 0.15) is 6.04 Å². The average molecular weight is 299 g/mol. The number of thioether (sulfide) groups is 1. The number of carbonyl (C=O) groups is 2. The van der Waals surface area contributed by atoms with E-state index in [4.69, 9.17) is 10.2 Å². The lowest BCUT2D eigenvalue weighted by Gasteiger charge is -2.14. The SMILES string of the molecule is CSCC[C@H](NC(=O)NCCS(N)(=O)=O)C(=O)O. The molecule has 0 aliphatic heterocycles. The second kappa shape index (κ2) is 8.16. The molecule has 0 unspecified atom stereocenters. The number of aliphatic carboxylic acids is 1. The molecule has 0 radical (unpaired) electrons. The maximum atomic E-state index is 11.3. The smallest absolute Gasteiger partial charge is 0.326 e. The normalized spacial score (nSPS) is 12.8. The monoisotopic (exact) mass is 299 g/mol. The molecule has 0 aliphatic rings.